The van der Waals surface area contributed by atoms with Crippen molar-refractivity contribution in [1.29, 1.82) is 0 Å². The molecule has 0 unspecified atom stereocenters. The van der Waals surface area contributed by atoms with Gasteiger partial charge in [-0.1, -0.05) is 35.9 Å². The van der Waals surface area contributed by atoms with Gasteiger partial charge in [0.15, 0.2) is 0 Å². The number of rotatable bonds is 3. The Balaban J connectivity index is 0.000000344. The summed E-state index contributed by atoms with van der Waals surface area (Å²) in [6.07, 6.45) is 20.5. The molecule has 112 valence electrons. The van der Waals surface area contributed by atoms with E-state index >= 15 is 0 Å². The molecule has 0 radical (unpaired) electrons. The molecule has 1 nitrogen and oxygen atoms in total. The first kappa shape index (κ1) is 18.4. The molecule has 1 aromatic carbocycles. The molecule has 0 aromatic heterocycles. The van der Waals surface area contributed by atoms with Crippen molar-refractivity contribution in [2.24, 2.45) is 0 Å². The smallest absolute Gasteiger partial charge is 0.311 e. The van der Waals surface area contributed by atoms with E-state index in [1.165, 1.54) is 6.08 Å². The molecule has 0 atom stereocenters. The number of carbonyl (C=O) groups excluding carboxylic acids is 1. The summed E-state index contributed by atoms with van der Waals surface area (Å²) in [5.74, 6) is -0.00933. The zero-order chi connectivity index (χ0) is 14.9. The van der Waals surface area contributed by atoms with Crippen LogP contribution in [0.3, 0.4) is 0 Å². The van der Waals surface area contributed by atoms with Crippen molar-refractivity contribution in [3.05, 3.63) is 89.0 Å². The first-order valence-corrected chi connectivity index (χ1v) is 7.10. The van der Waals surface area contributed by atoms with Crippen molar-refractivity contribution in [3.8, 4) is 0 Å². The van der Waals surface area contributed by atoms with Crippen LogP contribution in [0.2, 0.25) is 5.02 Å². The number of halogens is 1. The summed E-state index contributed by atoms with van der Waals surface area (Å²) in [7, 11) is 0. The first-order valence-electron chi connectivity index (χ1n) is 6.73. The fourth-order valence-electron chi connectivity index (χ4n) is 1.78. The Kier molecular flexibility index (Phi) is 8.54. The number of carbonyl (C=O) groups is 1. The second-order valence-corrected chi connectivity index (χ2v) is 4.84. The third-order valence-electron chi connectivity index (χ3n) is 2.89. The van der Waals surface area contributed by atoms with Crippen LogP contribution in [0.5, 0.6) is 0 Å². The number of allylic oxidation sites excluding steroid dienone is 9. The number of hydrogen-bond acceptors (Lipinski definition) is 1. The van der Waals surface area contributed by atoms with E-state index in [4.69, 9.17) is 11.6 Å². The molecular weight excluding hydrogens is 336 g/mol. The van der Waals surface area contributed by atoms with Crippen molar-refractivity contribution in [1.82, 2.24) is 0 Å². The van der Waals surface area contributed by atoms with Crippen molar-refractivity contribution in [2.45, 2.75) is 12.8 Å². The second-order valence-electron chi connectivity index (χ2n) is 4.43. The molecule has 2 aliphatic carbocycles. The van der Waals surface area contributed by atoms with Gasteiger partial charge in [-0.25, -0.2) is 18.2 Å². The summed E-state index contributed by atoms with van der Waals surface area (Å²) in [5.41, 5.74) is 1.55. The van der Waals surface area contributed by atoms with Gasteiger partial charge < -0.3 is 4.79 Å². The molecule has 0 saturated heterocycles. The number of ketones is 1. The molecule has 0 fully saturated rings. The van der Waals surface area contributed by atoms with Gasteiger partial charge in [-0.2, -0.15) is 12.2 Å². The Morgan fingerprint density at radius 3 is 2.55 bits per heavy atom. The van der Waals surface area contributed by atoms with E-state index in [9.17, 15) is 4.79 Å². The van der Waals surface area contributed by atoms with Crippen LogP contribution in [-0.2, 0) is 21.9 Å². The molecule has 0 amide bonds. The molecule has 2 aliphatic rings. The third-order valence-corrected chi connectivity index (χ3v) is 3.23. The van der Waals surface area contributed by atoms with Gasteiger partial charge in [-0.3, -0.25) is 12.2 Å². The summed E-state index contributed by atoms with van der Waals surface area (Å²) in [6.45, 7) is 0. The minimum absolute atomic E-state index is 0. The molecule has 0 spiro atoms. The van der Waals surface area contributed by atoms with Crippen LogP contribution in [0.25, 0.3) is 6.08 Å². The van der Waals surface area contributed by atoms with Gasteiger partial charge in [0.05, 0.1) is 0 Å². The van der Waals surface area contributed by atoms with Gasteiger partial charge in [0.2, 0.25) is 0 Å². The molecule has 3 heteroatoms. The molecule has 3 rings (SSSR count). The molecule has 0 saturated carbocycles. The van der Waals surface area contributed by atoms with Crippen LogP contribution in [0.15, 0.2) is 66.3 Å². The fourth-order valence-corrected chi connectivity index (χ4v) is 1.98. The van der Waals surface area contributed by atoms with Crippen molar-refractivity contribution >= 4 is 23.5 Å². The Hall–Kier alpha value is -1.60. The van der Waals surface area contributed by atoms with Crippen LogP contribution in [-0.4, -0.2) is 5.78 Å². The normalized spacial score (nSPS) is 14.5. The number of benzene rings is 1. The Bertz CT molecular complexity index is 641. The van der Waals surface area contributed by atoms with Gasteiger partial charge in [0.1, 0.15) is 5.78 Å². The maximum Gasteiger partial charge on any atom is 2.00 e. The summed E-state index contributed by atoms with van der Waals surface area (Å²) >= 11 is 5.97. The first-order chi connectivity index (χ1) is 10.3. The van der Waals surface area contributed by atoms with Gasteiger partial charge in [0, 0.05) is 5.02 Å². The third kappa shape index (κ3) is 6.03. The van der Waals surface area contributed by atoms with Gasteiger partial charge in [-0.05, 0) is 17.7 Å². The van der Waals surface area contributed by atoms with Gasteiger partial charge in [-0.15, -0.1) is 18.4 Å². The predicted octanol–water partition coefficient (Wildman–Crippen LogP) is 4.91. The maximum atomic E-state index is 11.7. The quantitative estimate of drug-likeness (QED) is 0.430. The summed E-state index contributed by atoms with van der Waals surface area (Å²) in [5, 5.41) is 0.647. The Morgan fingerprint density at radius 1 is 1.18 bits per heavy atom. The molecule has 0 aliphatic heterocycles. The van der Waals surface area contributed by atoms with Crippen LogP contribution < -0.4 is 0 Å². The predicted molar refractivity (Wildman–Crippen MR) is 87.6 cm³/mol. The van der Waals surface area contributed by atoms with E-state index in [2.05, 4.69) is 18.2 Å². The molecule has 0 N–H and O–H groups in total. The topological polar surface area (TPSA) is 17.1 Å². The minimum atomic E-state index is -0.00933. The van der Waals surface area contributed by atoms with E-state index in [0.717, 1.165) is 18.4 Å². The van der Waals surface area contributed by atoms with Gasteiger partial charge in [0.25, 0.3) is 0 Å². The van der Waals surface area contributed by atoms with E-state index in [0.29, 0.717) is 10.6 Å². The molecule has 0 heterocycles. The maximum absolute atomic E-state index is 11.7. The zero-order valence-electron chi connectivity index (χ0n) is 11.9. The molecule has 0 bridgehead atoms. The Labute approximate surface area is 147 Å². The Morgan fingerprint density at radius 2 is 2.00 bits per heavy atom. The summed E-state index contributed by atoms with van der Waals surface area (Å²) in [6, 6.07) is 7.42. The largest absolute Gasteiger partial charge is 2.00 e. The fraction of sp³-hybridized carbons (Fsp3) is 0.105. The van der Waals surface area contributed by atoms with Crippen molar-refractivity contribution in [2.75, 3.05) is 0 Å². The summed E-state index contributed by atoms with van der Waals surface area (Å²) in [4.78, 5) is 11.7. The average Bonchev–Trinajstić information content (AvgIpc) is 3.21. The average molecular weight is 351 g/mol. The molecule has 22 heavy (non-hydrogen) atoms. The van der Waals surface area contributed by atoms with Crippen molar-refractivity contribution in [3.63, 3.8) is 0 Å². The van der Waals surface area contributed by atoms with Crippen LogP contribution in [0.1, 0.15) is 18.4 Å². The summed E-state index contributed by atoms with van der Waals surface area (Å²) < 4.78 is 0. The zero-order valence-corrected chi connectivity index (χ0v) is 13.8. The van der Waals surface area contributed by atoms with E-state index in [-0.39, 0.29) is 22.9 Å². The van der Waals surface area contributed by atoms with E-state index in [1.54, 1.807) is 18.2 Å². The standard InChI is InChI=1S/C14H10ClO.C5H5.Fe/c15-13-8-4-3-5-11(13)9-10-14(16)12-6-1-2-7-12;1-2-4-5-3-1;/h3-10H,1H2;1-3H,4H2;/q2*-1;+2/b10-9+;;. The monoisotopic (exact) mass is 350 g/mol. The van der Waals surface area contributed by atoms with Gasteiger partial charge >= 0.3 is 17.1 Å². The van der Waals surface area contributed by atoms with E-state index in [1.807, 2.05) is 36.4 Å². The van der Waals surface area contributed by atoms with Crippen LogP contribution in [0, 0.1) is 12.2 Å². The SMILES string of the molecule is O=C(/C=C/c1ccccc1Cl)C1=CC[C-]=C1.[C-]1=CC=CC1.[Fe+2]. The molecular formula is C19H15ClFeO. The van der Waals surface area contributed by atoms with Crippen LogP contribution >= 0.6 is 11.6 Å². The van der Waals surface area contributed by atoms with E-state index < -0.39 is 0 Å². The van der Waals surface area contributed by atoms with Crippen LogP contribution in [0.4, 0.5) is 0 Å². The number of hydrogen-bond donors (Lipinski definition) is 0. The minimum Gasteiger partial charge on any atom is -0.311 e. The molecule has 1 aromatic rings. The van der Waals surface area contributed by atoms with Crippen molar-refractivity contribution < 1.29 is 21.9 Å². The second kappa shape index (κ2) is 10.2.